The van der Waals surface area contributed by atoms with Crippen LogP contribution in [0.1, 0.15) is 32.8 Å². The van der Waals surface area contributed by atoms with E-state index < -0.39 is 47.3 Å². The third kappa shape index (κ3) is 5.60. The smallest absolute Gasteiger partial charge is 0.315 e. The van der Waals surface area contributed by atoms with Gasteiger partial charge in [0.1, 0.15) is 18.1 Å². The molecule has 1 aliphatic heterocycles. The SMILES string of the molecule is CCC.CCc1ccc(OC2OC(O)C(O)C(O)C2C(=O)O)c([N+](=O)[O-])c1. The predicted octanol–water partition coefficient (Wildman–Crippen LogP) is 1.05. The zero-order valence-electron chi connectivity index (χ0n) is 15.3. The van der Waals surface area contributed by atoms with Gasteiger partial charge in [-0.25, -0.2) is 0 Å². The number of hydrogen-bond donors (Lipinski definition) is 4. The maximum atomic E-state index is 11.3. The molecule has 1 aliphatic rings. The van der Waals surface area contributed by atoms with Crippen LogP contribution >= 0.6 is 0 Å². The molecule has 10 nitrogen and oxygen atoms in total. The molecule has 0 radical (unpaired) electrons. The minimum absolute atomic E-state index is 0.274. The minimum Gasteiger partial charge on any atom is -0.481 e. The van der Waals surface area contributed by atoms with Crippen molar-refractivity contribution in [1.82, 2.24) is 0 Å². The Kier molecular flexibility index (Phi) is 8.57. The standard InChI is InChI=1S/C14H17NO9.C3H8/c1-2-6-3-4-8(7(5-6)15(21)22)23-14-9(12(18)19)10(16)11(17)13(20)24-14;1-3-2/h3-5,9-11,13-14,16-17,20H,2H2,1H3,(H,18,19);3H2,1-2H3. The molecule has 27 heavy (non-hydrogen) atoms. The Morgan fingerprint density at radius 3 is 2.30 bits per heavy atom. The van der Waals surface area contributed by atoms with Gasteiger partial charge in [0, 0.05) is 6.07 Å². The number of rotatable bonds is 5. The molecule has 5 atom stereocenters. The second kappa shape index (κ2) is 10.2. The molecule has 1 aromatic rings. The largest absolute Gasteiger partial charge is 0.481 e. The summed E-state index contributed by atoms with van der Waals surface area (Å²) in [5.41, 5.74) is 0.265. The fourth-order valence-electron chi connectivity index (χ4n) is 2.36. The summed E-state index contributed by atoms with van der Waals surface area (Å²) in [7, 11) is 0. The van der Waals surface area contributed by atoms with Crippen molar-refractivity contribution in [2.75, 3.05) is 0 Å². The van der Waals surface area contributed by atoms with Crippen LogP contribution in [0.15, 0.2) is 18.2 Å². The first-order chi connectivity index (χ1) is 12.7. The van der Waals surface area contributed by atoms with Crippen LogP contribution in [0.2, 0.25) is 0 Å². The first-order valence-electron chi connectivity index (χ1n) is 8.54. The highest BCUT2D eigenvalue weighted by Crippen LogP contribution is 2.33. The summed E-state index contributed by atoms with van der Waals surface area (Å²) in [6.45, 7) is 6.05. The first kappa shape index (κ1) is 22.8. The van der Waals surface area contributed by atoms with Crippen LogP contribution in [-0.4, -0.2) is 56.1 Å². The number of carbonyl (C=O) groups is 1. The van der Waals surface area contributed by atoms with Gasteiger partial charge < -0.3 is 29.9 Å². The van der Waals surface area contributed by atoms with Gasteiger partial charge in [-0.2, -0.15) is 0 Å². The topological polar surface area (TPSA) is 160 Å². The predicted molar refractivity (Wildman–Crippen MR) is 93.1 cm³/mol. The van der Waals surface area contributed by atoms with Crippen LogP contribution in [0.5, 0.6) is 5.75 Å². The average Bonchev–Trinajstić information content (AvgIpc) is 2.60. The summed E-state index contributed by atoms with van der Waals surface area (Å²) in [4.78, 5) is 21.7. The molecule has 152 valence electrons. The van der Waals surface area contributed by atoms with Crippen LogP contribution in [0.25, 0.3) is 0 Å². The van der Waals surface area contributed by atoms with Gasteiger partial charge in [-0.15, -0.1) is 0 Å². The molecule has 4 N–H and O–H groups in total. The summed E-state index contributed by atoms with van der Waals surface area (Å²) in [6.07, 6.45) is -5.53. The van der Waals surface area contributed by atoms with Crippen molar-refractivity contribution in [3.63, 3.8) is 0 Å². The normalized spacial score (nSPS) is 27.3. The molecule has 0 aliphatic carbocycles. The molecule has 1 saturated heterocycles. The lowest BCUT2D eigenvalue weighted by molar-refractivity contribution is -0.387. The van der Waals surface area contributed by atoms with Gasteiger partial charge in [-0.1, -0.05) is 33.3 Å². The van der Waals surface area contributed by atoms with Crippen LogP contribution in [0, 0.1) is 16.0 Å². The van der Waals surface area contributed by atoms with E-state index >= 15 is 0 Å². The van der Waals surface area contributed by atoms with Gasteiger partial charge in [0.05, 0.1) is 4.92 Å². The zero-order valence-corrected chi connectivity index (χ0v) is 15.3. The maximum absolute atomic E-state index is 11.3. The molecule has 0 aromatic heterocycles. The molecule has 2 rings (SSSR count). The van der Waals surface area contributed by atoms with Gasteiger partial charge in [-0.3, -0.25) is 14.9 Å². The van der Waals surface area contributed by atoms with Gasteiger partial charge in [0.25, 0.3) is 0 Å². The number of carboxylic acid groups (broad SMARTS) is 1. The molecule has 0 spiro atoms. The molecule has 1 aromatic carbocycles. The number of hydrogen-bond acceptors (Lipinski definition) is 8. The average molecular weight is 387 g/mol. The number of aryl methyl sites for hydroxylation is 1. The molecule has 0 bridgehead atoms. The lowest BCUT2D eigenvalue weighted by Crippen LogP contribution is -2.58. The van der Waals surface area contributed by atoms with Crippen molar-refractivity contribution < 1.29 is 39.6 Å². The van der Waals surface area contributed by atoms with Crippen LogP contribution in [-0.2, 0) is 16.0 Å². The van der Waals surface area contributed by atoms with E-state index in [1.807, 2.05) is 0 Å². The summed E-state index contributed by atoms with van der Waals surface area (Å²) in [5, 5.41) is 49.2. The number of carboxylic acids is 1. The van der Waals surface area contributed by atoms with E-state index in [1.54, 1.807) is 13.0 Å². The van der Waals surface area contributed by atoms with Crippen molar-refractivity contribution in [1.29, 1.82) is 0 Å². The van der Waals surface area contributed by atoms with Crippen molar-refractivity contribution in [2.24, 2.45) is 5.92 Å². The van der Waals surface area contributed by atoms with Gasteiger partial charge in [-0.05, 0) is 18.1 Å². The van der Waals surface area contributed by atoms with E-state index in [0.29, 0.717) is 12.0 Å². The van der Waals surface area contributed by atoms with E-state index in [0.717, 1.165) is 0 Å². The Morgan fingerprint density at radius 1 is 1.22 bits per heavy atom. The molecule has 0 saturated carbocycles. The molecule has 10 heteroatoms. The van der Waals surface area contributed by atoms with Crippen molar-refractivity contribution in [2.45, 2.75) is 58.4 Å². The summed E-state index contributed by atoms with van der Waals surface area (Å²) >= 11 is 0. The Balaban J connectivity index is 0.00000114. The van der Waals surface area contributed by atoms with E-state index in [9.17, 15) is 35.3 Å². The van der Waals surface area contributed by atoms with Gasteiger partial charge in [0.2, 0.25) is 6.29 Å². The monoisotopic (exact) mass is 387 g/mol. The van der Waals surface area contributed by atoms with E-state index in [2.05, 4.69) is 13.8 Å². The van der Waals surface area contributed by atoms with Crippen LogP contribution in [0.3, 0.4) is 0 Å². The second-order valence-electron chi connectivity index (χ2n) is 5.98. The first-order valence-corrected chi connectivity index (χ1v) is 8.54. The van der Waals surface area contributed by atoms with Crippen LogP contribution in [0.4, 0.5) is 5.69 Å². The lowest BCUT2D eigenvalue weighted by atomic mass is 9.94. The Bertz CT molecular complexity index is 651. The summed E-state index contributed by atoms with van der Waals surface area (Å²) in [5.74, 6) is -3.57. The summed E-state index contributed by atoms with van der Waals surface area (Å²) in [6, 6.07) is 4.11. The highest BCUT2D eigenvalue weighted by molar-refractivity contribution is 5.71. The van der Waals surface area contributed by atoms with E-state index in [-0.39, 0.29) is 5.75 Å². The number of ether oxygens (including phenoxy) is 2. The third-order valence-electron chi connectivity index (χ3n) is 3.73. The quantitative estimate of drug-likeness (QED) is 0.427. The molecule has 1 fully saturated rings. The highest BCUT2D eigenvalue weighted by Gasteiger charge is 2.49. The van der Waals surface area contributed by atoms with Crippen molar-refractivity contribution >= 4 is 11.7 Å². The summed E-state index contributed by atoms with van der Waals surface area (Å²) < 4.78 is 10.1. The number of benzene rings is 1. The van der Waals surface area contributed by atoms with Gasteiger partial charge in [0.15, 0.2) is 12.0 Å². The number of nitro benzene ring substituents is 1. The molecule has 5 unspecified atom stereocenters. The number of nitrogens with zero attached hydrogens (tertiary/aromatic N) is 1. The van der Waals surface area contributed by atoms with Gasteiger partial charge >= 0.3 is 11.7 Å². The number of aliphatic hydroxyl groups is 3. The minimum atomic E-state index is -1.89. The fraction of sp³-hybridized carbons (Fsp3) is 0.588. The number of nitro groups is 1. The van der Waals surface area contributed by atoms with Crippen LogP contribution < -0.4 is 4.74 Å². The van der Waals surface area contributed by atoms with E-state index in [4.69, 9.17) is 9.47 Å². The zero-order chi connectivity index (χ0) is 20.7. The van der Waals surface area contributed by atoms with Crippen molar-refractivity contribution in [3.05, 3.63) is 33.9 Å². The molecule has 1 heterocycles. The highest BCUT2D eigenvalue weighted by atomic mass is 16.7. The number of aliphatic hydroxyl groups excluding tert-OH is 3. The molecule has 0 amide bonds. The molecular weight excluding hydrogens is 362 g/mol. The van der Waals surface area contributed by atoms with Crippen molar-refractivity contribution in [3.8, 4) is 5.75 Å². The Labute approximate surface area is 156 Å². The Hall–Kier alpha value is -2.27. The molecular formula is C17H25NO9. The maximum Gasteiger partial charge on any atom is 0.315 e. The fourth-order valence-corrected chi connectivity index (χ4v) is 2.36. The Morgan fingerprint density at radius 2 is 1.81 bits per heavy atom. The van der Waals surface area contributed by atoms with E-state index in [1.165, 1.54) is 18.6 Å². The third-order valence-corrected chi connectivity index (χ3v) is 3.73. The number of aliphatic carboxylic acids is 1. The lowest BCUT2D eigenvalue weighted by Gasteiger charge is -2.38. The second-order valence-corrected chi connectivity index (χ2v) is 5.98.